The summed E-state index contributed by atoms with van der Waals surface area (Å²) in [6.45, 7) is 0.402. The van der Waals surface area contributed by atoms with Gasteiger partial charge in [0.25, 0.3) is 5.69 Å². The lowest BCUT2D eigenvalue weighted by atomic mass is 10.1. The molecule has 1 amide bonds. The molecule has 0 aromatic heterocycles. The van der Waals surface area contributed by atoms with Gasteiger partial charge in [-0.15, -0.1) is 0 Å². The van der Waals surface area contributed by atoms with Crippen LogP contribution in [0.1, 0.15) is 24.8 Å². The van der Waals surface area contributed by atoms with Crippen LogP contribution in [-0.4, -0.2) is 16.6 Å². The van der Waals surface area contributed by atoms with Crippen LogP contribution in [0, 0.1) is 15.5 Å². The molecule has 1 aliphatic carbocycles. The largest absolute Gasteiger partial charge is 0.352 e. The molecular weight excluding hydrogens is 264 g/mol. The Morgan fingerprint density at radius 2 is 2.00 bits per heavy atom. The van der Waals surface area contributed by atoms with Crippen LogP contribution in [0.4, 0.5) is 5.69 Å². The van der Waals surface area contributed by atoms with Crippen molar-refractivity contribution >= 4 is 24.2 Å². The maximum absolute atomic E-state index is 11.8. The fraction of sp³-hybridized carbons (Fsp3) is 0.462. The number of thiol groups is 1. The van der Waals surface area contributed by atoms with Crippen LogP contribution >= 0.6 is 12.6 Å². The minimum Gasteiger partial charge on any atom is -0.352 e. The average molecular weight is 280 g/mol. The van der Waals surface area contributed by atoms with Crippen molar-refractivity contribution in [2.45, 2.75) is 25.8 Å². The lowest BCUT2D eigenvalue weighted by molar-refractivity contribution is -0.384. The lowest BCUT2D eigenvalue weighted by Gasteiger charge is -2.11. The summed E-state index contributed by atoms with van der Waals surface area (Å²) in [4.78, 5) is 21.8. The Bertz CT molecular complexity index is 483. The monoisotopic (exact) mass is 280 g/mol. The van der Waals surface area contributed by atoms with E-state index in [-0.39, 0.29) is 17.0 Å². The number of amides is 1. The van der Waals surface area contributed by atoms with Crippen LogP contribution in [0.3, 0.4) is 0 Å². The molecule has 1 saturated carbocycles. The molecule has 102 valence electrons. The highest BCUT2D eigenvalue weighted by atomic mass is 32.1. The van der Waals surface area contributed by atoms with E-state index in [1.807, 2.05) is 0 Å². The Morgan fingerprint density at radius 1 is 1.37 bits per heavy atom. The van der Waals surface area contributed by atoms with Crippen molar-refractivity contribution in [2.24, 2.45) is 5.41 Å². The first-order valence-corrected chi connectivity index (χ1v) is 6.79. The number of non-ortho nitro benzene ring substituents is 1. The highest BCUT2D eigenvalue weighted by molar-refractivity contribution is 7.80. The maximum atomic E-state index is 11.8. The smallest absolute Gasteiger partial charge is 0.269 e. The molecule has 0 bridgehead atoms. The quantitative estimate of drug-likeness (QED) is 0.477. The van der Waals surface area contributed by atoms with Crippen molar-refractivity contribution in [3.05, 3.63) is 39.9 Å². The number of rotatable bonds is 6. The predicted octanol–water partition coefficient (Wildman–Crippen LogP) is 2.31. The van der Waals surface area contributed by atoms with Crippen molar-refractivity contribution in [1.82, 2.24) is 5.32 Å². The minimum atomic E-state index is -0.439. The Labute approximate surface area is 116 Å². The fourth-order valence-electron chi connectivity index (χ4n) is 1.91. The summed E-state index contributed by atoms with van der Waals surface area (Å²) < 4.78 is 0. The fourth-order valence-corrected chi connectivity index (χ4v) is 2.33. The lowest BCUT2D eigenvalue weighted by Crippen LogP contribution is -2.26. The third kappa shape index (κ3) is 3.70. The van der Waals surface area contributed by atoms with Crippen LogP contribution in [0.2, 0.25) is 0 Å². The molecule has 2 rings (SSSR count). The summed E-state index contributed by atoms with van der Waals surface area (Å²) in [6.07, 6.45) is 2.66. The number of nitro groups is 1. The Morgan fingerprint density at radius 3 is 2.47 bits per heavy atom. The summed E-state index contributed by atoms with van der Waals surface area (Å²) in [5.74, 6) is 0.766. The highest BCUT2D eigenvalue weighted by Crippen LogP contribution is 2.49. The molecule has 1 aromatic rings. The Hall–Kier alpha value is -1.56. The Balaban J connectivity index is 1.81. The second kappa shape index (κ2) is 5.61. The van der Waals surface area contributed by atoms with Gasteiger partial charge in [-0.1, -0.05) is 12.1 Å². The number of nitrogens with one attached hydrogen (secondary N) is 1. The normalized spacial score (nSPS) is 15.8. The van der Waals surface area contributed by atoms with E-state index in [2.05, 4.69) is 17.9 Å². The number of hydrogen-bond acceptors (Lipinski definition) is 4. The molecule has 1 aliphatic rings. The number of carbonyl (C=O) groups is 1. The van der Waals surface area contributed by atoms with Crippen LogP contribution in [0.15, 0.2) is 24.3 Å². The summed E-state index contributed by atoms with van der Waals surface area (Å²) in [5.41, 5.74) is 1.03. The molecule has 0 spiro atoms. The van der Waals surface area contributed by atoms with Gasteiger partial charge in [0.2, 0.25) is 5.91 Å². The standard InChI is InChI=1S/C13H16N2O3S/c16-12(7-13(9-19)5-6-13)14-8-10-1-3-11(4-2-10)15(17)18/h1-4,19H,5-9H2,(H,14,16). The zero-order valence-electron chi connectivity index (χ0n) is 10.5. The Kier molecular flexibility index (Phi) is 4.09. The van der Waals surface area contributed by atoms with Gasteiger partial charge < -0.3 is 5.32 Å². The van der Waals surface area contributed by atoms with E-state index in [1.54, 1.807) is 12.1 Å². The van der Waals surface area contributed by atoms with Gasteiger partial charge in [0, 0.05) is 25.1 Å². The average Bonchev–Trinajstić information content (AvgIpc) is 3.17. The zero-order valence-corrected chi connectivity index (χ0v) is 11.4. The summed E-state index contributed by atoms with van der Waals surface area (Å²) in [7, 11) is 0. The molecule has 0 unspecified atom stereocenters. The molecular formula is C13H16N2O3S. The third-order valence-electron chi connectivity index (χ3n) is 3.46. The van der Waals surface area contributed by atoms with E-state index in [0.29, 0.717) is 13.0 Å². The molecule has 5 nitrogen and oxygen atoms in total. The third-order valence-corrected chi connectivity index (χ3v) is 4.14. The molecule has 0 atom stereocenters. The van der Waals surface area contributed by atoms with E-state index in [9.17, 15) is 14.9 Å². The van der Waals surface area contributed by atoms with Gasteiger partial charge in [0.1, 0.15) is 0 Å². The summed E-state index contributed by atoms with van der Waals surface area (Å²) in [5, 5.41) is 13.3. The number of nitrogens with zero attached hydrogens (tertiary/aromatic N) is 1. The van der Waals surface area contributed by atoms with Gasteiger partial charge in [-0.05, 0) is 29.6 Å². The van der Waals surface area contributed by atoms with Crippen molar-refractivity contribution in [3.8, 4) is 0 Å². The molecule has 0 saturated heterocycles. The first-order chi connectivity index (χ1) is 9.04. The van der Waals surface area contributed by atoms with Crippen molar-refractivity contribution in [1.29, 1.82) is 0 Å². The van der Waals surface area contributed by atoms with Gasteiger partial charge in [0.05, 0.1) is 4.92 Å². The maximum Gasteiger partial charge on any atom is 0.269 e. The van der Waals surface area contributed by atoms with E-state index in [0.717, 1.165) is 24.2 Å². The molecule has 1 fully saturated rings. The molecule has 6 heteroatoms. The number of nitro benzene ring substituents is 1. The SMILES string of the molecule is O=C(CC1(CS)CC1)NCc1ccc([N+](=O)[O-])cc1. The molecule has 19 heavy (non-hydrogen) atoms. The van der Waals surface area contributed by atoms with Gasteiger partial charge in [-0.25, -0.2) is 0 Å². The van der Waals surface area contributed by atoms with Crippen LogP contribution in [-0.2, 0) is 11.3 Å². The molecule has 0 aliphatic heterocycles. The summed E-state index contributed by atoms with van der Waals surface area (Å²) in [6, 6.07) is 6.20. The molecule has 0 heterocycles. The topological polar surface area (TPSA) is 72.2 Å². The van der Waals surface area contributed by atoms with Crippen LogP contribution in [0.5, 0.6) is 0 Å². The molecule has 1 aromatic carbocycles. The van der Waals surface area contributed by atoms with Crippen molar-refractivity contribution < 1.29 is 9.72 Å². The second-order valence-corrected chi connectivity index (χ2v) is 5.35. The molecule has 1 N–H and O–H groups in total. The van der Waals surface area contributed by atoms with E-state index in [4.69, 9.17) is 0 Å². The first kappa shape index (κ1) is 13.9. The van der Waals surface area contributed by atoms with Crippen LogP contribution < -0.4 is 5.32 Å². The van der Waals surface area contributed by atoms with Crippen molar-refractivity contribution in [2.75, 3.05) is 5.75 Å². The number of hydrogen-bond donors (Lipinski definition) is 2. The van der Waals surface area contributed by atoms with Crippen molar-refractivity contribution in [3.63, 3.8) is 0 Å². The van der Waals surface area contributed by atoms with E-state index >= 15 is 0 Å². The first-order valence-electron chi connectivity index (χ1n) is 6.16. The zero-order chi connectivity index (χ0) is 13.9. The van der Waals surface area contributed by atoms with E-state index in [1.165, 1.54) is 12.1 Å². The highest BCUT2D eigenvalue weighted by Gasteiger charge is 2.42. The summed E-state index contributed by atoms with van der Waals surface area (Å²) >= 11 is 4.26. The van der Waals surface area contributed by atoms with E-state index < -0.39 is 4.92 Å². The second-order valence-electron chi connectivity index (χ2n) is 5.04. The van der Waals surface area contributed by atoms with Gasteiger partial charge >= 0.3 is 0 Å². The predicted molar refractivity (Wildman–Crippen MR) is 75.1 cm³/mol. The van der Waals surface area contributed by atoms with Gasteiger partial charge in [-0.3, -0.25) is 14.9 Å². The molecule has 0 radical (unpaired) electrons. The van der Waals surface area contributed by atoms with Crippen LogP contribution in [0.25, 0.3) is 0 Å². The van der Waals surface area contributed by atoms with Gasteiger partial charge in [0.15, 0.2) is 0 Å². The number of benzene rings is 1. The van der Waals surface area contributed by atoms with Gasteiger partial charge in [-0.2, -0.15) is 12.6 Å². The minimum absolute atomic E-state index is 0.0184. The number of carbonyl (C=O) groups excluding carboxylic acids is 1.